The average molecular weight is 322 g/mol. The molecule has 1 aromatic rings. The second kappa shape index (κ2) is 7.43. The largest absolute Gasteiger partial charge is 0.309 e. The predicted molar refractivity (Wildman–Crippen MR) is 97.6 cm³/mol. The summed E-state index contributed by atoms with van der Waals surface area (Å²) in [4.78, 5) is 0. The van der Waals surface area contributed by atoms with E-state index in [9.17, 15) is 0 Å². The molecule has 3 atom stereocenters. The zero-order valence-corrected chi connectivity index (χ0v) is 14.8. The molecule has 1 aromatic carbocycles. The molecule has 3 heteroatoms. The molecule has 0 aromatic heterocycles. The molecular formula is C18H27NS2. The normalized spacial score (nSPS) is 28.1. The lowest BCUT2D eigenvalue weighted by Crippen LogP contribution is -2.37. The Morgan fingerprint density at radius 3 is 2.43 bits per heavy atom. The summed E-state index contributed by atoms with van der Waals surface area (Å²) < 4.78 is 0. The zero-order chi connectivity index (χ0) is 14.7. The van der Waals surface area contributed by atoms with Gasteiger partial charge in [-0.2, -0.15) is 23.5 Å². The van der Waals surface area contributed by atoms with Gasteiger partial charge in [0.05, 0.1) is 0 Å². The number of hydrogen-bond acceptors (Lipinski definition) is 3. The Morgan fingerprint density at radius 1 is 1.14 bits per heavy atom. The fourth-order valence-corrected chi connectivity index (χ4v) is 6.33. The van der Waals surface area contributed by atoms with Crippen LogP contribution in [0.4, 0.5) is 0 Å². The Kier molecular flexibility index (Phi) is 5.58. The van der Waals surface area contributed by atoms with Crippen molar-refractivity contribution in [2.24, 2.45) is 0 Å². The van der Waals surface area contributed by atoms with E-state index in [-0.39, 0.29) is 0 Å². The molecule has 1 aliphatic heterocycles. The minimum Gasteiger partial charge on any atom is -0.309 e. The summed E-state index contributed by atoms with van der Waals surface area (Å²) >= 11 is 4.29. The SMILES string of the molecule is CCNC(c1ccc(C2CCC2)cc1)C1SCCSC1C. The van der Waals surface area contributed by atoms with Crippen molar-refractivity contribution in [1.29, 1.82) is 0 Å². The summed E-state index contributed by atoms with van der Waals surface area (Å²) in [5.41, 5.74) is 3.03. The first-order valence-electron chi connectivity index (χ1n) is 8.36. The summed E-state index contributed by atoms with van der Waals surface area (Å²) in [6.45, 7) is 5.67. The molecule has 0 spiro atoms. The molecule has 0 amide bonds. The third-order valence-electron chi connectivity index (χ3n) is 4.86. The first-order chi connectivity index (χ1) is 10.3. The van der Waals surface area contributed by atoms with Crippen molar-refractivity contribution < 1.29 is 0 Å². The van der Waals surface area contributed by atoms with Gasteiger partial charge in [-0.15, -0.1) is 0 Å². The lowest BCUT2D eigenvalue weighted by Gasteiger charge is -2.35. The molecule has 2 aliphatic rings. The van der Waals surface area contributed by atoms with Gasteiger partial charge in [-0.3, -0.25) is 0 Å². The number of benzene rings is 1. The minimum atomic E-state index is 0.498. The highest BCUT2D eigenvalue weighted by Crippen LogP contribution is 2.40. The van der Waals surface area contributed by atoms with Crippen molar-refractivity contribution >= 4 is 23.5 Å². The third-order valence-corrected chi connectivity index (χ3v) is 8.06. The number of rotatable bonds is 5. The first kappa shape index (κ1) is 15.8. The van der Waals surface area contributed by atoms with E-state index in [1.165, 1.54) is 36.3 Å². The molecule has 3 rings (SSSR count). The summed E-state index contributed by atoms with van der Waals surface area (Å²) in [6, 6.07) is 10.0. The maximum Gasteiger partial charge on any atom is 0.0451 e. The van der Waals surface area contributed by atoms with Crippen molar-refractivity contribution in [3.63, 3.8) is 0 Å². The van der Waals surface area contributed by atoms with Gasteiger partial charge in [0.2, 0.25) is 0 Å². The quantitative estimate of drug-likeness (QED) is 0.833. The Balaban J connectivity index is 1.75. The van der Waals surface area contributed by atoms with Gasteiger partial charge in [-0.25, -0.2) is 0 Å². The van der Waals surface area contributed by atoms with E-state index < -0.39 is 0 Å². The zero-order valence-electron chi connectivity index (χ0n) is 13.2. The fourth-order valence-electron chi connectivity index (χ4n) is 3.38. The minimum absolute atomic E-state index is 0.498. The number of thioether (sulfide) groups is 2. The lowest BCUT2D eigenvalue weighted by atomic mass is 9.80. The monoisotopic (exact) mass is 321 g/mol. The molecule has 3 unspecified atom stereocenters. The van der Waals surface area contributed by atoms with Crippen molar-refractivity contribution in [2.45, 2.75) is 55.6 Å². The Hall–Kier alpha value is -0.120. The highest BCUT2D eigenvalue weighted by atomic mass is 32.2. The molecule has 1 saturated carbocycles. The van der Waals surface area contributed by atoms with Crippen LogP contribution in [0.25, 0.3) is 0 Å². The smallest absolute Gasteiger partial charge is 0.0451 e. The summed E-state index contributed by atoms with van der Waals surface area (Å²) in [7, 11) is 0. The van der Waals surface area contributed by atoms with E-state index in [2.05, 4.69) is 67.0 Å². The molecule has 1 nitrogen and oxygen atoms in total. The summed E-state index contributed by atoms with van der Waals surface area (Å²) in [6.07, 6.45) is 4.20. The lowest BCUT2D eigenvalue weighted by molar-refractivity contribution is 0.419. The molecule has 1 heterocycles. The number of nitrogens with one attached hydrogen (secondary N) is 1. The molecular weight excluding hydrogens is 294 g/mol. The molecule has 1 saturated heterocycles. The van der Waals surface area contributed by atoms with Crippen LogP contribution in [0.3, 0.4) is 0 Å². The summed E-state index contributed by atoms with van der Waals surface area (Å²) in [5.74, 6) is 3.44. The van der Waals surface area contributed by atoms with Gasteiger partial charge < -0.3 is 5.32 Å². The van der Waals surface area contributed by atoms with Crippen LogP contribution in [0.1, 0.15) is 56.2 Å². The van der Waals surface area contributed by atoms with E-state index in [1.807, 2.05) is 0 Å². The molecule has 0 radical (unpaired) electrons. The van der Waals surface area contributed by atoms with Gasteiger partial charge in [0.25, 0.3) is 0 Å². The van der Waals surface area contributed by atoms with Crippen LogP contribution in [0.15, 0.2) is 24.3 Å². The van der Waals surface area contributed by atoms with Crippen LogP contribution in [-0.2, 0) is 0 Å². The highest BCUT2D eigenvalue weighted by Gasteiger charge is 2.31. The van der Waals surface area contributed by atoms with E-state index in [1.54, 1.807) is 5.56 Å². The van der Waals surface area contributed by atoms with Gasteiger partial charge in [0.1, 0.15) is 0 Å². The predicted octanol–water partition coefficient (Wildman–Crippen LogP) is 4.84. The topological polar surface area (TPSA) is 12.0 Å². The van der Waals surface area contributed by atoms with Crippen LogP contribution >= 0.6 is 23.5 Å². The van der Waals surface area contributed by atoms with Crippen LogP contribution in [0.5, 0.6) is 0 Å². The highest BCUT2D eigenvalue weighted by molar-refractivity contribution is 8.07. The Bertz CT molecular complexity index is 441. The molecule has 1 N–H and O–H groups in total. The van der Waals surface area contributed by atoms with Crippen LogP contribution in [0.2, 0.25) is 0 Å². The summed E-state index contributed by atoms with van der Waals surface area (Å²) in [5, 5.41) is 5.17. The van der Waals surface area contributed by atoms with E-state index in [0.717, 1.165) is 17.7 Å². The van der Waals surface area contributed by atoms with Crippen LogP contribution < -0.4 is 5.32 Å². The van der Waals surface area contributed by atoms with Crippen molar-refractivity contribution in [3.8, 4) is 0 Å². The third kappa shape index (κ3) is 3.62. The second-order valence-electron chi connectivity index (χ2n) is 6.24. The molecule has 0 bridgehead atoms. The van der Waals surface area contributed by atoms with Gasteiger partial charge in [0.15, 0.2) is 0 Å². The van der Waals surface area contributed by atoms with Crippen molar-refractivity contribution in [3.05, 3.63) is 35.4 Å². The van der Waals surface area contributed by atoms with Crippen molar-refractivity contribution in [1.82, 2.24) is 5.32 Å². The van der Waals surface area contributed by atoms with E-state index in [4.69, 9.17) is 0 Å². The van der Waals surface area contributed by atoms with Gasteiger partial charge in [-0.05, 0) is 36.4 Å². The van der Waals surface area contributed by atoms with Gasteiger partial charge in [0, 0.05) is 28.0 Å². The molecule has 1 aliphatic carbocycles. The van der Waals surface area contributed by atoms with Crippen LogP contribution in [0, 0.1) is 0 Å². The maximum absolute atomic E-state index is 3.74. The Morgan fingerprint density at radius 2 is 1.86 bits per heavy atom. The average Bonchev–Trinajstić information content (AvgIpc) is 2.45. The Labute approximate surface area is 138 Å². The van der Waals surface area contributed by atoms with Gasteiger partial charge >= 0.3 is 0 Å². The second-order valence-corrected chi connectivity index (χ2v) is 9.01. The molecule has 21 heavy (non-hydrogen) atoms. The fraction of sp³-hybridized carbons (Fsp3) is 0.667. The maximum atomic E-state index is 3.74. The molecule has 116 valence electrons. The standard InChI is InChI=1S/C18H27NS2/c1-3-19-17(18-13(2)20-11-12-21-18)16-9-7-15(8-10-16)14-5-4-6-14/h7-10,13-14,17-19H,3-6,11-12H2,1-2H3. The van der Waals surface area contributed by atoms with Crippen LogP contribution in [-0.4, -0.2) is 28.6 Å². The first-order valence-corrected chi connectivity index (χ1v) is 10.5. The van der Waals surface area contributed by atoms with Crippen molar-refractivity contribution in [2.75, 3.05) is 18.1 Å². The van der Waals surface area contributed by atoms with Gasteiger partial charge in [-0.1, -0.05) is 44.5 Å². The molecule has 2 fully saturated rings. The van der Waals surface area contributed by atoms with E-state index >= 15 is 0 Å². The van der Waals surface area contributed by atoms with E-state index in [0.29, 0.717) is 11.3 Å². The number of hydrogen-bond donors (Lipinski definition) is 1.